The van der Waals surface area contributed by atoms with Crippen molar-refractivity contribution in [1.82, 2.24) is 9.78 Å². The van der Waals surface area contributed by atoms with E-state index in [1.165, 1.54) is 32.1 Å². The number of aromatic nitrogens is 2. The maximum Gasteiger partial charge on any atom is 0.148 e. The molecule has 0 saturated heterocycles. The summed E-state index contributed by atoms with van der Waals surface area (Å²) in [6, 6.07) is 2.68. The van der Waals surface area contributed by atoms with Crippen LogP contribution in [0.3, 0.4) is 0 Å². The Labute approximate surface area is 91.9 Å². The van der Waals surface area contributed by atoms with Crippen molar-refractivity contribution in [3.05, 3.63) is 12.3 Å². The third kappa shape index (κ3) is 2.98. The molecule has 0 bridgehead atoms. The molecule has 1 aliphatic carbocycles. The van der Waals surface area contributed by atoms with Crippen molar-refractivity contribution in [3.8, 4) is 0 Å². The first-order chi connectivity index (χ1) is 7.24. The molecule has 15 heavy (non-hydrogen) atoms. The van der Waals surface area contributed by atoms with E-state index >= 15 is 0 Å². The van der Waals surface area contributed by atoms with Gasteiger partial charge in [-0.05, 0) is 25.2 Å². The Hall–Kier alpha value is -0.990. The largest absolute Gasteiger partial charge is 0.366 e. The minimum atomic E-state index is 0.629. The first kappa shape index (κ1) is 10.5. The number of aryl methyl sites for hydroxylation is 1. The van der Waals surface area contributed by atoms with E-state index in [1.54, 1.807) is 0 Å². The zero-order chi connectivity index (χ0) is 10.7. The first-order valence-electron chi connectivity index (χ1n) is 6.00. The molecule has 0 radical (unpaired) electrons. The second-order valence-electron chi connectivity index (χ2n) is 4.83. The zero-order valence-electron chi connectivity index (χ0n) is 9.74. The van der Waals surface area contributed by atoms with Gasteiger partial charge in [-0.25, -0.2) is 0 Å². The molecule has 1 aromatic heterocycles. The quantitative estimate of drug-likeness (QED) is 0.756. The molecule has 1 aromatic rings. The zero-order valence-corrected chi connectivity index (χ0v) is 9.74. The Bertz CT molecular complexity index is 306. The lowest BCUT2D eigenvalue weighted by Crippen LogP contribution is -2.18. The van der Waals surface area contributed by atoms with Gasteiger partial charge in [0.1, 0.15) is 5.82 Å². The topological polar surface area (TPSA) is 29.9 Å². The molecule has 1 aliphatic rings. The molecule has 0 aliphatic heterocycles. The lowest BCUT2D eigenvalue weighted by atomic mass is 10.0. The molecule has 1 N–H and O–H groups in total. The summed E-state index contributed by atoms with van der Waals surface area (Å²) < 4.78 is 1.85. The maximum atomic E-state index is 4.36. The van der Waals surface area contributed by atoms with E-state index in [0.717, 1.165) is 11.7 Å². The minimum absolute atomic E-state index is 0.629. The number of nitrogens with one attached hydrogen (secondary N) is 1. The van der Waals surface area contributed by atoms with Crippen LogP contribution < -0.4 is 5.32 Å². The van der Waals surface area contributed by atoms with Crippen LogP contribution in [-0.2, 0) is 7.05 Å². The lowest BCUT2D eigenvalue weighted by molar-refractivity contribution is 0.501. The van der Waals surface area contributed by atoms with E-state index < -0.39 is 0 Å². The minimum Gasteiger partial charge on any atom is -0.366 e. The lowest BCUT2D eigenvalue weighted by Gasteiger charge is -2.15. The fourth-order valence-electron chi connectivity index (χ4n) is 2.33. The van der Waals surface area contributed by atoms with Gasteiger partial charge in [-0.15, -0.1) is 0 Å². The predicted octanol–water partition coefficient (Wildman–Crippen LogP) is 2.80. The average molecular weight is 207 g/mol. The number of hydrogen-bond acceptors (Lipinski definition) is 2. The van der Waals surface area contributed by atoms with Gasteiger partial charge in [0.2, 0.25) is 0 Å². The van der Waals surface area contributed by atoms with Crippen molar-refractivity contribution in [2.45, 2.75) is 45.1 Å². The fraction of sp³-hybridized carbons (Fsp3) is 0.750. The highest BCUT2D eigenvalue weighted by Crippen LogP contribution is 2.24. The van der Waals surface area contributed by atoms with Gasteiger partial charge >= 0.3 is 0 Å². The summed E-state index contributed by atoms with van der Waals surface area (Å²) in [5.41, 5.74) is 0. The van der Waals surface area contributed by atoms with Crippen molar-refractivity contribution in [1.29, 1.82) is 0 Å². The highest BCUT2D eigenvalue weighted by atomic mass is 15.3. The van der Waals surface area contributed by atoms with Crippen molar-refractivity contribution in [2.75, 3.05) is 5.32 Å². The summed E-state index contributed by atoms with van der Waals surface area (Å²) in [6.07, 6.45) is 8.66. The van der Waals surface area contributed by atoms with Crippen LogP contribution in [0, 0.1) is 5.92 Å². The molecule has 3 nitrogen and oxygen atoms in total. The van der Waals surface area contributed by atoms with Gasteiger partial charge in [-0.3, -0.25) is 4.68 Å². The summed E-state index contributed by atoms with van der Waals surface area (Å²) in [5, 5.41) is 7.89. The number of nitrogens with zero attached hydrogens (tertiary/aromatic N) is 2. The van der Waals surface area contributed by atoms with Crippen LogP contribution in [0.15, 0.2) is 12.3 Å². The van der Waals surface area contributed by atoms with E-state index in [0.29, 0.717) is 6.04 Å². The van der Waals surface area contributed by atoms with Crippen LogP contribution in [0.5, 0.6) is 0 Å². The van der Waals surface area contributed by atoms with Crippen LogP contribution in [0.1, 0.15) is 39.0 Å². The van der Waals surface area contributed by atoms with E-state index in [2.05, 4.69) is 17.3 Å². The van der Waals surface area contributed by atoms with E-state index in [-0.39, 0.29) is 0 Å². The molecule has 2 atom stereocenters. The molecule has 84 valence electrons. The van der Waals surface area contributed by atoms with E-state index in [9.17, 15) is 0 Å². The Balaban J connectivity index is 1.88. The standard InChI is InChI=1S/C12H21N3/c1-10-4-3-5-11(7-6-10)13-12-8-9-15(2)14-12/h8-11H,3-7H2,1-2H3,(H,13,14). The van der Waals surface area contributed by atoms with Gasteiger partial charge in [-0.1, -0.05) is 19.8 Å². The normalized spacial score (nSPS) is 27.3. The third-order valence-corrected chi connectivity index (χ3v) is 3.32. The molecule has 1 fully saturated rings. The first-order valence-corrected chi connectivity index (χ1v) is 6.00. The predicted molar refractivity (Wildman–Crippen MR) is 62.9 cm³/mol. The molecule has 2 unspecified atom stereocenters. The summed E-state index contributed by atoms with van der Waals surface area (Å²) in [4.78, 5) is 0. The fourth-order valence-corrected chi connectivity index (χ4v) is 2.33. The van der Waals surface area contributed by atoms with Gasteiger partial charge in [-0.2, -0.15) is 5.10 Å². The van der Waals surface area contributed by atoms with Gasteiger partial charge in [0, 0.05) is 25.4 Å². The van der Waals surface area contributed by atoms with Crippen LogP contribution >= 0.6 is 0 Å². The van der Waals surface area contributed by atoms with Crippen molar-refractivity contribution < 1.29 is 0 Å². The van der Waals surface area contributed by atoms with E-state index in [4.69, 9.17) is 0 Å². The van der Waals surface area contributed by atoms with Crippen LogP contribution in [0.2, 0.25) is 0 Å². The van der Waals surface area contributed by atoms with Gasteiger partial charge < -0.3 is 5.32 Å². The number of anilines is 1. The highest BCUT2D eigenvalue weighted by Gasteiger charge is 2.16. The third-order valence-electron chi connectivity index (χ3n) is 3.32. The Morgan fingerprint density at radius 2 is 2.20 bits per heavy atom. The molecule has 0 aromatic carbocycles. The Morgan fingerprint density at radius 1 is 1.33 bits per heavy atom. The molecule has 3 heteroatoms. The Morgan fingerprint density at radius 3 is 2.93 bits per heavy atom. The Kier molecular flexibility index (Phi) is 3.29. The highest BCUT2D eigenvalue weighted by molar-refractivity contribution is 5.33. The smallest absolute Gasteiger partial charge is 0.148 e. The molecule has 0 amide bonds. The molecular formula is C12H21N3. The molecule has 1 heterocycles. The molecule has 2 rings (SSSR count). The van der Waals surface area contributed by atoms with E-state index in [1.807, 2.05) is 24.0 Å². The van der Waals surface area contributed by atoms with Gasteiger partial charge in [0.15, 0.2) is 0 Å². The summed E-state index contributed by atoms with van der Waals surface area (Å²) in [6.45, 7) is 2.36. The SMILES string of the molecule is CC1CCCC(Nc2ccn(C)n2)CC1. The molecule has 1 saturated carbocycles. The van der Waals surface area contributed by atoms with Crippen LogP contribution in [0.4, 0.5) is 5.82 Å². The number of rotatable bonds is 2. The monoisotopic (exact) mass is 207 g/mol. The second kappa shape index (κ2) is 4.69. The van der Waals surface area contributed by atoms with Crippen molar-refractivity contribution in [2.24, 2.45) is 13.0 Å². The second-order valence-corrected chi connectivity index (χ2v) is 4.83. The maximum absolute atomic E-state index is 4.36. The summed E-state index contributed by atoms with van der Waals surface area (Å²) in [5.74, 6) is 1.93. The van der Waals surface area contributed by atoms with Crippen LogP contribution in [0.25, 0.3) is 0 Å². The van der Waals surface area contributed by atoms with Gasteiger partial charge in [0.05, 0.1) is 0 Å². The van der Waals surface area contributed by atoms with Gasteiger partial charge in [0.25, 0.3) is 0 Å². The molecular weight excluding hydrogens is 186 g/mol. The van der Waals surface area contributed by atoms with Crippen molar-refractivity contribution >= 4 is 5.82 Å². The van der Waals surface area contributed by atoms with Crippen LogP contribution in [-0.4, -0.2) is 15.8 Å². The summed E-state index contributed by atoms with van der Waals surface area (Å²) >= 11 is 0. The average Bonchev–Trinajstić information content (AvgIpc) is 2.48. The number of hydrogen-bond donors (Lipinski definition) is 1. The summed E-state index contributed by atoms with van der Waals surface area (Å²) in [7, 11) is 1.96. The van der Waals surface area contributed by atoms with Crippen molar-refractivity contribution in [3.63, 3.8) is 0 Å². The molecule has 0 spiro atoms.